The van der Waals surface area contributed by atoms with Gasteiger partial charge in [-0.15, -0.1) is 0 Å². The van der Waals surface area contributed by atoms with E-state index in [0.717, 1.165) is 11.1 Å². The molecule has 1 aromatic rings. The van der Waals surface area contributed by atoms with E-state index in [-0.39, 0.29) is 0 Å². The molecule has 0 N–H and O–H groups in total. The van der Waals surface area contributed by atoms with Gasteiger partial charge in [0.1, 0.15) is 0 Å². The van der Waals surface area contributed by atoms with Crippen molar-refractivity contribution in [2.24, 2.45) is 0 Å². The zero-order valence-corrected chi connectivity index (χ0v) is 12.1. The zero-order valence-electron chi connectivity index (χ0n) is 12.1. The highest BCUT2D eigenvalue weighted by Crippen LogP contribution is 2.15. The standard InChI is InChI=1S/C17H20O3/c1-5-11-19-14(4)20-17(18)13(3)12-16-10-8-7-9-15(16)6-2/h5-12,14H,2H2,1,3-4H3/b11-5+,13-12+. The van der Waals surface area contributed by atoms with Crippen molar-refractivity contribution in [3.8, 4) is 0 Å². The fourth-order valence-corrected chi connectivity index (χ4v) is 1.58. The molecule has 0 aliphatic rings. The Hall–Kier alpha value is -2.29. The maximum atomic E-state index is 11.9. The molecule has 0 amide bonds. The first-order valence-electron chi connectivity index (χ1n) is 6.46. The summed E-state index contributed by atoms with van der Waals surface area (Å²) < 4.78 is 10.3. The lowest BCUT2D eigenvalue weighted by Crippen LogP contribution is -2.16. The number of allylic oxidation sites excluding steroid dienone is 1. The number of carbonyl (C=O) groups excluding carboxylic acids is 1. The molecule has 20 heavy (non-hydrogen) atoms. The maximum absolute atomic E-state index is 11.9. The number of rotatable bonds is 6. The Morgan fingerprint density at radius 2 is 1.95 bits per heavy atom. The maximum Gasteiger partial charge on any atom is 0.336 e. The average Bonchev–Trinajstić information content (AvgIpc) is 2.45. The van der Waals surface area contributed by atoms with E-state index < -0.39 is 12.3 Å². The monoisotopic (exact) mass is 272 g/mol. The number of benzene rings is 1. The van der Waals surface area contributed by atoms with E-state index in [0.29, 0.717) is 5.57 Å². The van der Waals surface area contributed by atoms with E-state index in [1.807, 2.05) is 31.2 Å². The Kier molecular flexibility index (Phi) is 6.30. The van der Waals surface area contributed by atoms with Crippen molar-refractivity contribution in [2.45, 2.75) is 27.1 Å². The summed E-state index contributed by atoms with van der Waals surface area (Å²) in [5, 5.41) is 0. The highest BCUT2D eigenvalue weighted by Gasteiger charge is 2.11. The third-order valence-electron chi connectivity index (χ3n) is 2.59. The smallest absolute Gasteiger partial charge is 0.336 e. The van der Waals surface area contributed by atoms with Gasteiger partial charge in [-0.25, -0.2) is 4.79 Å². The van der Waals surface area contributed by atoms with Crippen molar-refractivity contribution in [3.63, 3.8) is 0 Å². The molecule has 1 rings (SSSR count). The lowest BCUT2D eigenvalue weighted by atomic mass is 10.1. The summed E-state index contributed by atoms with van der Waals surface area (Å²) in [5.74, 6) is -0.402. The second kappa shape index (κ2) is 8.00. The van der Waals surface area contributed by atoms with Crippen LogP contribution in [0.25, 0.3) is 12.2 Å². The van der Waals surface area contributed by atoms with Gasteiger partial charge in [-0.3, -0.25) is 0 Å². The molecule has 106 valence electrons. The van der Waals surface area contributed by atoms with E-state index in [4.69, 9.17) is 9.47 Å². The molecular weight excluding hydrogens is 252 g/mol. The lowest BCUT2D eigenvalue weighted by molar-refractivity contribution is -0.160. The summed E-state index contributed by atoms with van der Waals surface area (Å²) in [6.07, 6.45) is 6.14. The molecule has 1 unspecified atom stereocenters. The predicted molar refractivity (Wildman–Crippen MR) is 81.6 cm³/mol. The van der Waals surface area contributed by atoms with Crippen LogP contribution in [0.2, 0.25) is 0 Å². The first kappa shape index (κ1) is 15.8. The number of esters is 1. The molecular formula is C17H20O3. The molecule has 0 heterocycles. The number of hydrogen-bond donors (Lipinski definition) is 0. The molecule has 0 saturated carbocycles. The second-order valence-corrected chi connectivity index (χ2v) is 4.24. The molecule has 3 heteroatoms. The van der Waals surface area contributed by atoms with Crippen molar-refractivity contribution in [1.82, 2.24) is 0 Å². The van der Waals surface area contributed by atoms with Crippen LogP contribution < -0.4 is 0 Å². The summed E-state index contributed by atoms with van der Waals surface area (Å²) in [6, 6.07) is 7.70. The minimum Gasteiger partial charge on any atom is -0.463 e. The third-order valence-corrected chi connectivity index (χ3v) is 2.59. The number of carbonyl (C=O) groups is 1. The summed E-state index contributed by atoms with van der Waals surface area (Å²) in [7, 11) is 0. The normalized spacial score (nSPS) is 13.1. The van der Waals surface area contributed by atoms with Crippen LogP contribution in [0.5, 0.6) is 0 Å². The van der Waals surface area contributed by atoms with Crippen LogP contribution in [0.4, 0.5) is 0 Å². The summed E-state index contributed by atoms with van der Waals surface area (Å²) >= 11 is 0. The molecule has 1 atom stereocenters. The molecule has 0 aliphatic carbocycles. The first-order chi connectivity index (χ1) is 9.58. The van der Waals surface area contributed by atoms with Crippen LogP contribution in [0, 0.1) is 0 Å². The van der Waals surface area contributed by atoms with Crippen LogP contribution in [-0.2, 0) is 14.3 Å². The van der Waals surface area contributed by atoms with Gasteiger partial charge >= 0.3 is 5.97 Å². The van der Waals surface area contributed by atoms with Crippen LogP contribution in [0.1, 0.15) is 31.9 Å². The molecule has 0 spiro atoms. The summed E-state index contributed by atoms with van der Waals surface area (Å²) in [6.45, 7) is 8.96. The quantitative estimate of drug-likeness (QED) is 0.337. The summed E-state index contributed by atoms with van der Waals surface area (Å²) in [5.41, 5.74) is 2.41. The molecule has 0 aliphatic heterocycles. The number of ether oxygens (including phenoxy) is 2. The van der Waals surface area contributed by atoms with Gasteiger partial charge in [0.25, 0.3) is 0 Å². The van der Waals surface area contributed by atoms with Gasteiger partial charge < -0.3 is 9.47 Å². The van der Waals surface area contributed by atoms with E-state index >= 15 is 0 Å². The van der Waals surface area contributed by atoms with Crippen LogP contribution in [0.3, 0.4) is 0 Å². The van der Waals surface area contributed by atoms with E-state index in [2.05, 4.69) is 6.58 Å². The van der Waals surface area contributed by atoms with Crippen LogP contribution in [0.15, 0.2) is 48.8 Å². The molecule has 0 radical (unpaired) electrons. The van der Waals surface area contributed by atoms with Crippen molar-refractivity contribution in [1.29, 1.82) is 0 Å². The van der Waals surface area contributed by atoms with Gasteiger partial charge in [0, 0.05) is 12.5 Å². The van der Waals surface area contributed by atoms with Gasteiger partial charge in [0.05, 0.1) is 6.26 Å². The van der Waals surface area contributed by atoms with E-state index in [9.17, 15) is 4.79 Å². The highest BCUT2D eigenvalue weighted by atomic mass is 16.7. The molecule has 1 aromatic carbocycles. The Bertz CT molecular complexity index is 527. The summed E-state index contributed by atoms with van der Waals surface area (Å²) in [4.78, 5) is 11.9. The second-order valence-electron chi connectivity index (χ2n) is 4.24. The van der Waals surface area contributed by atoms with Crippen molar-refractivity contribution in [2.75, 3.05) is 0 Å². The van der Waals surface area contributed by atoms with Gasteiger partial charge in [-0.2, -0.15) is 0 Å². The Morgan fingerprint density at radius 1 is 1.30 bits per heavy atom. The zero-order chi connectivity index (χ0) is 15.0. The van der Waals surface area contributed by atoms with Gasteiger partial charge in [-0.05, 0) is 31.1 Å². The van der Waals surface area contributed by atoms with Crippen molar-refractivity contribution in [3.05, 3.63) is 59.9 Å². The molecule has 3 nitrogen and oxygen atoms in total. The Morgan fingerprint density at radius 3 is 2.55 bits per heavy atom. The molecule has 0 bridgehead atoms. The largest absolute Gasteiger partial charge is 0.463 e. The predicted octanol–water partition coefficient (Wildman–Crippen LogP) is 4.17. The molecule has 0 fully saturated rings. The molecule has 0 aromatic heterocycles. The fourth-order valence-electron chi connectivity index (χ4n) is 1.58. The lowest BCUT2D eigenvalue weighted by Gasteiger charge is -2.12. The minimum atomic E-state index is -0.614. The van der Waals surface area contributed by atoms with E-state index in [1.54, 1.807) is 32.1 Å². The Balaban J connectivity index is 2.77. The highest BCUT2D eigenvalue weighted by molar-refractivity contribution is 5.93. The topological polar surface area (TPSA) is 35.5 Å². The third kappa shape index (κ3) is 4.76. The fraction of sp³-hybridized carbons (Fsp3) is 0.235. The van der Waals surface area contributed by atoms with Crippen LogP contribution in [-0.4, -0.2) is 12.3 Å². The van der Waals surface area contributed by atoms with E-state index in [1.165, 1.54) is 6.26 Å². The van der Waals surface area contributed by atoms with Crippen molar-refractivity contribution < 1.29 is 14.3 Å². The van der Waals surface area contributed by atoms with Gasteiger partial charge in [0.2, 0.25) is 6.29 Å². The Labute approximate surface area is 120 Å². The SMILES string of the molecule is C=Cc1ccccc1/C=C(\C)C(=O)OC(C)O/C=C/C. The first-order valence-corrected chi connectivity index (χ1v) is 6.46. The van der Waals surface area contributed by atoms with Crippen molar-refractivity contribution >= 4 is 18.1 Å². The average molecular weight is 272 g/mol. The van der Waals surface area contributed by atoms with Gasteiger partial charge in [-0.1, -0.05) is 43.0 Å². The van der Waals surface area contributed by atoms with Gasteiger partial charge in [0.15, 0.2) is 0 Å². The minimum absolute atomic E-state index is 0.402. The molecule has 0 saturated heterocycles. The van der Waals surface area contributed by atoms with Crippen LogP contribution >= 0.6 is 0 Å². The number of hydrogen-bond acceptors (Lipinski definition) is 3.